The molecule has 0 aliphatic carbocycles. The van der Waals surface area contributed by atoms with Crippen LogP contribution in [0.25, 0.3) is 0 Å². The number of rotatable bonds is 2. The lowest BCUT2D eigenvalue weighted by Gasteiger charge is -2.26. The normalized spacial score (nSPS) is 25.8. The molecule has 1 spiro atoms. The van der Waals surface area contributed by atoms with Gasteiger partial charge < -0.3 is 15.0 Å². The summed E-state index contributed by atoms with van der Waals surface area (Å²) in [5, 5.41) is 3.47. The summed E-state index contributed by atoms with van der Waals surface area (Å²) in [5.74, 6) is 0. The minimum Gasteiger partial charge on any atom is -0.445 e. The molecule has 0 aromatic heterocycles. The van der Waals surface area contributed by atoms with Crippen molar-refractivity contribution in [3.63, 3.8) is 0 Å². The number of nitrogens with zero attached hydrogens (tertiary/aromatic N) is 1. The van der Waals surface area contributed by atoms with Gasteiger partial charge in [-0.05, 0) is 43.2 Å². The molecule has 2 heterocycles. The van der Waals surface area contributed by atoms with Crippen molar-refractivity contribution in [3.8, 4) is 0 Å². The first-order valence-electron chi connectivity index (χ1n) is 7.94. The van der Waals surface area contributed by atoms with Crippen molar-refractivity contribution >= 4 is 6.09 Å². The van der Waals surface area contributed by atoms with Crippen molar-refractivity contribution in [1.29, 1.82) is 0 Å². The second-order valence-electron chi connectivity index (χ2n) is 6.31. The number of hydrogen-bond donors (Lipinski definition) is 1. The van der Waals surface area contributed by atoms with Crippen LogP contribution in [0.2, 0.25) is 0 Å². The number of nitrogens with one attached hydrogen (secondary N) is 1. The van der Waals surface area contributed by atoms with E-state index in [9.17, 15) is 4.79 Å². The van der Waals surface area contributed by atoms with Gasteiger partial charge in [0.25, 0.3) is 0 Å². The number of amides is 1. The first kappa shape index (κ1) is 14.4. The highest BCUT2D eigenvalue weighted by molar-refractivity contribution is 5.67. The van der Waals surface area contributed by atoms with Crippen LogP contribution in [0.3, 0.4) is 0 Å². The van der Waals surface area contributed by atoms with E-state index in [1.807, 2.05) is 35.2 Å². The summed E-state index contributed by atoms with van der Waals surface area (Å²) in [7, 11) is 0. The van der Waals surface area contributed by atoms with Crippen molar-refractivity contribution < 1.29 is 9.53 Å². The highest BCUT2D eigenvalue weighted by Crippen LogP contribution is 2.36. The van der Waals surface area contributed by atoms with E-state index in [0.717, 1.165) is 44.6 Å². The van der Waals surface area contributed by atoms with Crippen molar-refractivity contribution in [1.82, 2.24) is 10.2 Å². The lowest BCUT2D eigenvalue weighted by atomic mass is 9.80. The summed E-state index contributed by atoms with van der Waals surface area (Å²) < 4.78 is 5.45. The largest absolute Gasteiger partial charge is 0.445 e. The quantitative estimate of drug-likeness (QED) is 0.910. The van der Waals surface area contributed by atoms with E-state index in [1.54, 1.807) is 0 Å². The maximum absolute atomic E-state index is 12.2. The van der Waals surface area contributed by atoms with Gasteiger partial charge in [-0.3, -0.25) is 0 Å². The van der Waals surface area contributed by atoms with E-state index in [4.69, 9.17) is 4.74 Å². The van der Waals surface area contributed by atoms with Crippen molar-refractivity contribution in [2.45, 2.75) is 32.3 Å². The maximum Gasteiger partial charge on any atom is 0.410 e. The van der Waals surface area contributed by atoms with Gasteiger partial charge in [0.1, 0.15) is 6.61 Å². The summed E-state index contributed by atoms with van der Waals surface area (Å²) in [6.07, 6.45) is 4.49. The highest BCUT2D eigenvalue weighted by atomic mass is 16.6. The smallest absolute Gasteiger partial charge is 0.410 e. The molecule has 21 heavy (non-hydrogen) atoms. The Bertz CT molecular complexity index is 469. The summed E-state index contributed by atoms with van der Waals surface area (Å²) >= 11 is 0. The Morgan fingerprint density at radius 3 is 2.81 bits per heavy atom. The Morgan fingerprint density at radius 2 is 2.05 bits per heavy atom. The minimum absolute atomic E-state index is 0.165. The van der Waals surface area contributed by atoms with Crippen LogP contribution in [0, 0.1) is 5.41 Å². The van der Waals surface area contributed by atoms with Gasteiger partial charge in [-0.2, -0.15) is 0 Å². The van der Waals surface area contributed by atoms with Crippen LogP contribution >= 0.6 is 0 Å². The summed E-state index contributed by atoms with van der Waals surface area (Å²) in [5.41, 5.74) is 1.46. The van der Waals surface area contributed by atoms with Gasteiger partial charge in [0.05, 0.1) is 0 Å². The van der Waals surface area contributed by atoms with E-state index < -0.39 is 0 Å². The molecular formula is C17H24N2O2. The van der Waals surface area contributed by atoms with Crippen LogP contribution in [0.4, 0.5) is 4.79 Å². The van der Waals surface area contributed by atoms with Gasteiger partial charge in [-0.1, -0.05) is 30.3 Å². The van der Waals surface area contributed by atoms with Crippen LogP contribution in [-0.4, -0.2) is 37.2 Å². The van der Waals surface area contributed by atoms with Gasteiger partial charge >= 0.3 is 6.09 Å². The molecule has 1 N–H and O–H groups in total. The van der Waals surface area contributed by atoms with Gasteiger partial charge in [-0.15, -0.1) is 0 Å². The highest BCUT2D eigenvalue weighted by Gasteiger charge is 2.36. The van der Waals surface area contributed by atoms with Crippen LogP contribution in [0.1, 0.15) is 31.2 Å². The van der Waals surface area contributed by atoms with Crippen molar-refractivity contribution in [2.75, 3.05) is 26.2 Å². The number of hydrogen-bond acceptors (Lipinski definition) is 3. The lowest BCUT2D eigenvalue weighted by Crippen LogP contribution is -2.33. The third-order valence-electron chi connectivity index (χ3n) is 4.84. The standard InChI is InChI=1S/C17H24N2O2/c20-16(21-13-15-5-2-1-3-6-15)19-11-4-7-17(9-12-19)8-10-18-14-17/h1-3,5-6,18H,4,7-14H2. The molecule has 0 bridgehead atoms. The Balaban J connectivity index is 1.51. The lowest BCUT2D eigenvalue weighted by molar-refractivity contribution is 0.0961. The van der Waals surface area contributed by atoms with Gasteiger partial charge in [0.2, 0.25) is 0 Å². The zero-order valence-corrected chi connectivity index (χ0v) is 12.5. The average molecular weight is 288 g/mol. The fourth-order valence-corrected chi connectivity index (χ4v) is 3.47. The molecular weight excluding hydrogens is 264 g/mol. The SMILES string of the molecule is O=C(OCc1ccccc1)N1CCCC2(CCNC2)CC1. The third kappa shape index (κ3) is 3.56. The second-order valence-corrected chi connectivity index (χ2v) is 6.31. The zero-order chi connectivity index (χ0) is 14.5. The first-order chi connectivity index (χ1) is 10.3. The molecule has 1 unspecified atom stereocenters. The number of carbonyl (C=O) groups excluding carboxylic acids is 1. The first-order valence-corrected chi connectivity index (χ1v) is 7.94. The third-order valence-corrected chi connectivity index (χ3v) is 4.84. The molecule has 1 atom stereocenters. The van der Waals surface area contributed by atoms with E-state index in [0.29, 0.717) is 12.0 Å². The van der Waals surface area contributed by atoms with Crippen molar-refractivity contribution in [3.05, 3.63) is 35.9 Å². The molecule has 2 aliphatic heterocycles. The van der Waals surface area contributed by atoms with Crippen LogP contribution in [0.15, 0.2) is 30.3 Å². The maximum atomic E-state index is 12.2. The number of likely N-dealkylation sites (tertiary alicyclic amines) is 1. The predicted octanol–water partition coefficient (Wildman–Crippen LogP) is 2.79. The van der Waals surface area contributed by atoms with Crippen molar-refractivity contribution in [2.24, 2.45) is 5.41 Å². The Morgan fingerprint density at radius 1 is 1.19 bits per heavy atom. The van der Waals surface area contributed by atoms with E-state index >= 15 is 0 Å². The molecule has 1 aromatic carbocycles. The fourth-order valence-electron chi connectivity index (χ4n) is 3.47. The molecule has 3 rings (SSSR count). The fraction of sp³-hybridized carbons (Fsp3) is 0.588. The minimum atomic E-state index is -0.165. The molecule has 0 radical (unpaired) electrons. The summed E-state index contributed by atoms with van der Waals surface area (Å²) in [6.45, 7) is 4.26. The molecule has 0 saturated carbocycles. The van der Waals surface area contributed by atoms with Gasteiger partial charge in [-0.25, -0.2) is 4.79 Å². The predicted molar refractivity (Wildman–Crippen MR) is 82.0 cm³/mol. The van der Waals surface area contributed by atoms with E-state index in [2.05, 4.69) is 5.32 Å². The van der Waals surface area contributed by atoms with Crippen LogP contribution < -0.4 is 5.32 Å². The molecule has 114 valence electrons. The Labute approximate surface area is 126 Å². The molecule has 2 saturated heterocycles. The Kier molecular flexibility index (Phi) is 4.44. The van der Waals surface area contributed by atoms with E-state index in [-0.39, 0.29) is 6.09 Å². The summed E-state index contributed by atoms with van der Waals surface area (Å²) in [6, 6.07) is 9.86. The molecule has 1 aromatic rings. The average Bonchev–Trinajstić information content (AvgIpc) is 2.87. The molecule has 4 heteroatoms. The summed E-state index contributed by atoms with van der Waals surface area (Å²) in [4.78, 5) is 14.1. The number of carbonyl (C=O) groups is 1. The number of ether oxygens (including phenoxy) is 1. The molecule has 1 amide bonds. The molecule has 2 fully saturated rings. The van der Waals surface area contributed by atoms with E-state index in [1.165, 1.54) is 12.8 Å². The topological polar surface area (TPSA) is 41.6 Å². The molecule has 4 nitrogen and oxygen atoms in total. The number of benzene rings is 1. The Hall–Kier alpha value is -1.55. The van der Waals surface area contributed by atoms with Crippen LogP contribution in [0.5, 0.6) is 0 Å². The zero-order valence-electron chi connectivity index (χ0n) is 12.5. The monoisotopic (exact) mass is 288 g/mol. The van der Waals surface area contributed by atoms with Gasteiger partial charge in [0.15, 0.2) is 0 Å². The van der Waals surface area contributed by atoms with Gasteiger partial charge in [0, 0.05) is 19.6 Å². The molecule has 2 aliphatic rings. The van der Waals surface area contributed by atoms with Crippen LogP contribution in [-0.2, 0) is 11.3 Å². The second kappa shape index (κ2) is 6.48.